The van der Waals surface area contributed by atoms with Gasteiger partial charge in [-0.3, -0.25) is 0 Å². The average Bonchev–Trinajstić information content (AvgIpc) is 3.04. The van der Waals surface area contributed by atoms with Gasteiger partial charge in [-0.25, -0.2) is 18.1 Å². The van der Waals surface area contributed by atoms with Gasteiger partial charge in [-0.05, 0) is 24.3 Å². The van der Waals surface area contributed by atoms with E-state index in [1.807, 2.05) is 28.8 Å². The molecule has 2 heterocycles. The number of methoxy groups -OCH3 is 2. The Balaban J connectivity index is 1.74. The number of sulfonamides is 1. The van der Waals surface area contributed by atoms with Gasteiger partial charge in [-0.2, -0.15) is 0 Å². The lowest BCUT2D eigenvalue weighted by atomic mass is 10.3. The molecule has 7 nitrogen and oxygen atoms in total. The Morgan fingerprint density at radius 2 is 2.00 bits per heavy atom. The van der Waals surface area contributed by atoms with E-state index in [9.17, 15) is 8.42 Å². The highest BCUT2D eigenvalue weighted by Crippen LogP contribution is 2.28. The van der Waals surface area contributed by atoms with E-state index in [4.69, 9.17) is 9.47 Å². The van der Waals surface area contributed by atoms with E-state index in [0.717, 1.165) is 11.3 Å². The molecule has 1 N–H and O–H groups in total. The molecule has 8 heteroatoms. The first-order chi connectivity index (χ1) is 12.0. The minimum Gasteiger partial charge on any atom is -0.497 e. The highest BCUT2D eigenvalue weighted by Gasteiger charge is 2.20. The van der Waals surface area contributed by atoms with Crippen LogP contribution in [0.25, 0.3) is 5.52 Å². The largest absolute Gasteiger partial charge is 0.497 e. The van der Waals surface area contributed by atoms with Gasteiger partial charge in [0.1, 0.15) is 22.2 Å². The maximum absolute atomic E-state index is 12.5. The van der Waals surface area contributed by atoms with E-state index in [2.05, 4.69) is 9.71 Å². The Hall–Kier alpha value is -2.58. The molecule has 25 heavy (non-hydrogen) atoms. The summed E-state index contributed by atoms with van der Waals surface area (Å²) in [4.78, 5) is 4.40. The lowest BCUT2D eigenvalue weighted by Crippen LogP contribution is -2.26. The number of imidazole rings is 1. The number of ether oxygens (including phenoxy) is 2. The van der Waals surface area contributed by atoms with Gasteiger partial charge in [0.25, 0.3) is 0 Å². The van der Waals surface area contributed by atoms with Crippen molar-refractivity contribution < 1.29 is 17.9 Å². The van der Waals surface area contributed by atoms with Gasteiger partial charge >= 0.3 is 0 Å². The number of rotatable bonds is 7. The fourth-order valence-electron chi connectivity index (χ4n) is 2.56. The predicted octanol–water partition coefficient (Wildman–Crippen LogP) is 1.87. The maximum atomic E-state index is 12.5. The number of hydrogen-bond donors (Lipinski definition) is 1. The Kier molecular flexibility index (Phi) is 4.91. The minimum atomic E-state index is -3.70. The number of fused-ring (bicyclic) bond motifs is 1. The highest BCUT2D eigenvalue weighted by molar-refractivity contribution is 7.89. The third-order valence-electron chi connectivity index (χ3n) is 3.82. The Morgan fingerprint density at radius 3 is 2.76 bits per heavy atom. The number of benzene rings is 1. The first-order valence-electron chi connectivity index (χ1n) is 7.68. The monoisotopic (exact) mass is 361 g/mol. The van der Waals surface area contributed by atoms with E-state index >= 15 is 0 Å². The summed E-state index contributed by atoms with van der Waals surface area (Å²) in [5.74, 6) is 1.55. The summed E-state index contributed by atoms with van der Waals surface area (Å²) in [7, 11) is -0.771. The van der Waals surface area contributed by atoms with Crippen LogP contribution in [-0.4, -0.2) is 38.6 Å². The molecular formula is C17H19N3O4S. The second-order valence-corrected chi connectivity index (χ2v) is 7.07. The van der Waals surface area contributed by atoms with Crippen molar-refractivity contribution in [1.82, 2.24) is 14.1 Å². The van der Waals surface area contributed by atoms with Gasteiger partial charge in [0.15, 0.2) is 0 Å². The Bertz CT molecular complexity index is 982. The van der Waals surface area contributed by atoms with Crippen LogP contribution in [0.3, 0.4) is 0 Å². The molecule has 1 aromatic carbocycles. The summed E-state index contributed by atoms with van der Waals surface area (Å²) < 4.78 is 39.9. The molecular weight excluding hydrogens is 342 g/mol. The molecule has 3 aromatic rings. The highest BCUT2D eigenvalue weighted by atomic mass is 32.2. The second-order valence-electron chi connectivity index (χ2n) is 5.33. The molecule has 0 unspecified atom stereocenters. The Morgan fingerprint density at radius 1 is 1.16 bits per heavy atom. The van der Waals surface area contributed by atoms with Crippen molar-refractivity contribution in [2.45, 2.75) is 11.3 Å². The maximum Gasteiger partial charge on any atom is 0.244 e. The first kappa shape index (κ1) is 17.2. The number of pyridine rings is 1. The number of hydrogen-bond acceptors (Lipinski definition) is 5. The van der Waals surface area contributed by atoms with Crippen LogP contribution in [0.1, 0.15) is 5.82 Å². The van der Waals surface area contributed by atoms with Crippen LogP contribution in [0.5, 0.6) is 11.5 Å². The SMILES string of the molecule is COc1ccc(S(=O)(=O)NCCc2ncc3ccccn23)c(OC)c1. The quantitative estimate of drug-likeness (QED) is 0.695. The molecule has 0 aliphatic carbocycles. The molecule has 0 aliphatic heterocycles. The van der Waals surface area contributed by atoms with E-state index in [-0.39, 0.29) is 17.2 Å². The zero-order chi connectivity index (χ0) is 17.9. The molecule has 0 bridgehead atoms. The van der Waals surface area contributed by atoms with Crippen LogP contribution in [0.2, 0.25) is 0 Å². The third kappa shape index (κ3) is 3.59. The van der Waals surface area contributed by atoms with Gasteiger partial charge in [0, 0.05) is 25.2 Å². The van der Waals surface area contributed by atoms with E-state index in [1.54, 1.807) is 12.3 Å². The van der Waals surface area contributed by atoms with Crippen molar-refractivity contribution in [3.63, 3.8) is 0 Å². The Labute approximate surface area is 146 Å². The molecule has 0 radical (unpaired) electrons. The fraction of sp³-hybridized carbons (Fsp3) is 0.235. The lowest BCUT2D eigenvalue weighted by Gasteiger charge is -2.12. The van der Waals surface area contributed by atoms with Crippen molar-refractivity contribution in [1.29, 1.82) is 0 Å². The summed E-state index contributed by atoms with van der Waals surface area (Å²) in [6.45, 7) is 0.228. The van der Waals surface area contributed by atoms with Crippen molar-refractivity contribution in [3.8, 4) is 11.5 Å². The van der Waals surface area contributed by atoms with Crippen LogP contribution >= 0.6 is 0 Å². The van der Waals surface area contributed by atoms with E-state index in [0.29, 0.717) is 12.2 Å². The summed E-state index contributed by atoms with van der Waals surface area (Å²) in [6, 6.07) is 10.4. The molecule has 0 saturated carbocycles. The van der Waals surface area contributed by atoms with Gasteiger partial charge in [-0.1, -0.05) is 6.07 Å². The van der Waals surface area contributed by atoms with Crippen molar-refractivity contribution in [2.75, 3.05) is 20.8 Å². The smallest absolute Gasteiger partial charge is 0.244 e. The normalized spacial score (nSPS) is 11.6. The zero-order valence-electron chi connectivity index (χ0n) is 14.0. The topological polar surface area (TPSA) is 81.9 Å². The second kappa shape index (κ2) is 7.12. The summed E-state index contributed by atoms with van der Waals surface area (Å²) >= 11 is 0. The third-order valence-corrected chi connectivity index (χ3v) is 5.32. The number of nitrogens with zero attached hydrogens (tertiary/aromatic N) is 2. The molecule has 0 spiro atoms. The van der Waals surface area contributed by atoms with Crippen molar-refractivity contribution >= 4 is 15.5 Å². The van der Waals surface area contributed by atoms with Gasteiger partial charge in [0.05, 0.1) is 25.9 Å². The van der Waals surface area contributed by atoms with E-state index < -0.39 is 10.0 Å². The first-order valence-corrected chi connectivity index (χ1v) is 9.16. The summed E-state index contributed by atoms with van der Waals surface area (Å²) in [6.07, 6.45) is 4.13. The van der Waals surface area contributed by atoms with Crippen molar-refractivity contribution in [3.05, 3.63) is 54.6 Å². The van der Waals surface area contributed by atoms with Crippen LogP contribution in [-0.2, 0) is 16.4 Å². The van der Waals surface area contributed by atoms with Crippen LogP contribution in [0.15, 0.2) is 53.7 Å². The minimum absolute atomic E-state index is 0.0729. The molecule has 0 saturated heterocycles. The van der Waals surface area contributed by atoms with Crippen molar-refractivity contribution in [2.24, 2.45) is 0 Å². The van der Waals surface area contributed by atoms with E-state index in [1.165, 1.54) is 26.4 Å². The van der Waals surface area contributed by atoms with Crippen LogP contribution < -0.4 is 14.2 Å². The standard InChI is InChI=1S/C17H19N3O4S/c1-23-14-6-7-16(15(11-14)24-2)25(21,22)19-9-8-17-18-12-13-5-3-4-10-20(13)17/h3-7,10-12,19H,8-9H2,1-2H3. The number of nitrogens with one attached hydrogen (secondary N) is 1. The number of aromatic nitrogens is 2. The predicted molar refractivity (Wildman–Crippen MR) is 93.6 cm³/mol. The summed E-state index contributed by atoms with van der Waals surface area (Å²) in [5, 5.41) is 0. The molecule has 0 amide bonds. The van der Waals surface area contributed by atoms with Gasteiger partial charge < -0.3 is 13.9 Å². The average molecular weight is 361 g/mol. The molecule has 0 atom stereocenters. The zero-order valence-corrected chi connectivity index (χ0v) is 14.8. The van der Waals surface area contributed by atoms with Gasteiger partial charge in [0.2, 0.25) is 10.0 Å². The van der Waals surface area contributed by atoms with Gasteiger partial charge in [-0.15, -0.1) is 0 Å². The molecule has 132 valence electrons. The molecule has 0 fully saturated rings. The molecule has 2 aromatic heterocycles. The lowest BCUT2D eigenvalue weighted by molar-refractivity contribution is 0.386. The summed E-state index contributed by atoms with van der Waals surface area (Å²) in [5.41, 5.74) is 0.970. The molecule has 3 rings (SSSR count). The van der Waals surface area contributed by atoms with Crippen LogP contribution in [0, 0.1) is 0 Å². The van der Waals surface area contributed by atoms with Crippen LogP contribution in [0.4, 0.5) is 0 Å². The molecule has 0 aliphatic rings. The fourth-order valence-corrected chi connectivity index (χ4v) is 3.74.